The number of hydrogen-bond donors (Lipinski definition) is 2. The maximum absolute atomic E-state index is 13.3. The summed E-state index contributed by atoms with van der Waals surface area (Å²) in [7, 11) is 0. The lowest BCUT2D eigenvalue weighted by atomic mass is 9.64. The highest BCUT2D eigenvalue weighted by atomic mass is 16.6. The SMILES string of the molecule is CC(C)[C@H](NC(=O)CN1C(=O)N[C@]2(C[C@H](C)CC(C)(C)C2)C1=O)c1ccc2c(c1)OCCO2. The highest BCUT2D eigenvalue weighted by Gasteiger charge is 2.56. The maximum atomic E-state index is 13.3. The van der Waals surface area contributed by atoms with Gasteiger partial charge < -0.3 is 20.1 Å². The first-order chi connectivity index (χ1) is 15.5. The van der Waals surface area contributed by atoms with Crippen molar-refractivity contribution in [3.8, 4) is 11.5 Å². The minimum Gasteiger partial charge on any atom is -0.486 e. The predicted molar refractivity (Wildman–Crippen MR) is 123 cm³/mol. The molecule has 0 aromatic heterocycles. The number of nitrogens with one attached hydrogen (secondary N) is 2. The van der Waals surface area contributed by atoms with Gasteiger partial charge in [-0.1, -0.05) is 40.7 Å². The van der Waals surface area contributed by atoms with E-state index < -0.39 is 11.6 Å². The van der Waals surface area contributed by atoms with Crippen LogP contribution < -0.4 is 20.1 Å². The van der Waals surface area contributed by atoms with Crippen molar-refractivity contribution >= 4 is 17.8 Å². The van der Waals surface area contributed by atoms with Crippen LogP contribution in [0.3, 0.4) is 0 Å². The van der Waals surface area contributed by atoms with Crippen LogP contribution in [0.15, 0.2) is 18.2 Å². The van der Waals surface area contributed by atoms with Crippen molar-refractivity contribution in [2.24, 2.45) is 17.3 Å². The molecule has 0 radical (unpaired) electrons. The molecule has 3 atom stereocenters. The molecule has 2 fully saturated rings. The van der Waals surface area contributed by atoms with Crippen molar-refractivity contribution < 1.29 is 23.9 Å². The molecule has 4 rings (SSSR count). The standard InChI is InChI=1S/C25H35N3O5/c1-15(2)21(17-6-7-18-19(10-17)33-9-8-32-18)26-20(29)13-28-22(30)25(27-23(28)31)12-16(3)11-24(4,5)14-25/h6-7,10,15-16,21H,8-9,11-14H2,1-5H3,(H,26,29)(H,27,31)/t16-,21+,25+/m1/s1. The second-order valence-electron chi connectivity index (χ2n) is 11.0. The Kier molecular flexibility index (Phi) is 6.05. The second kappa shape index (κ2) is 8.54. The van der Waals surface area contributed by atoms with Gasteiger partial charge in [-0.15, -0.1) is 0 Å². The van der Waals surface area contributed by atoms with Crippen LogP contribution in [0.1, 0.15) is 65.5 Å². The van der Waals surface area contributed by atoms with Crippen LogP contribution in [0.25, 0.3) is 0 Å². The van der Waals surface area contributed by atoms with E-state index in [1.54, 1.807) is 0 Å². The van der Waals surface area contributed by atoms with Crippen LogP contribution in [0, 0.1) is 17.3 Å². The van der Waals surface area contributed by atoms with Crippen LogP contribution in [0.2, 0.25) is 0 Å². The Morgan fingerprint density at radius 3 is 2.55 bits per heavy atom. The number of fused-ring (bicyclic) bond motifs is 1. The highest BCUT2D eigenvalue weighted by Crippen LogP contribution is 2.46. The molecule has 2 N–H and O–H groups in total. The van der Waals surface area contributed by atoms with E-state index in [-0.39, 0.29) is 35.7 Å². The summed E-state index contributed by atoms with van der Waals surface area (Å²) in [6.45, 7) is 11.1. The molecule has 0 bridgehead atoms. The van der Waals surface area contributed by atoms with Gasteiger partial charge in [0.05, 0.1) is 6.04 Å². The molecule has 1 spiro atoms. The molecular weight excluding hydrogens is 422 g/mol. The van der Waals surface area contributed by atoms with Gasteiger partial charge >= 0.3 is 6.03 Å². The maximum Gasteiger partial charge on any atom is 0.325 e. The van der Waals surface area contributed by atoms with E-state index >= 15 is 0 Å². The number of amides is 4. The van der Waals surface area contributed by atoms with Gasteiger partial charge in [0.15, 0.2) is 11.5 Å². The summed E-state index contributed by atoms with van der Waals surface area (Å²) >= 11 is 0. The number of nitrogens with zero attached hydrogens (tertiary/aromatic N) is 1. The first-order valence-corrected chi connectivity index (χ1v) is 11.8. The number of carbonyl (C=O) groups is 3. The monoisotopic (exact) mass is 457 g/mol. The summed E-state index contributed by atoms with van der Waals surface area (Å²) in [5, 5.41) is 5.94. The number of hydrogen-bond acceptors (Lipinski definition) is 5. The van der Waals surface area contributed by atoms with Crippen LogP contribution in [-0.2, 0) is 9.59 Å². The first kappa shape index (κ1) is 23.4. The van der Waals surface area contributed by atoms with E-state index in [1.165, 1.54) is 0 Å². The molecule has 2 aliphatic heterocycles. The Balaban J connectivity index is 1.47. The Hall–Kier alpha value is -2.77. The number of urea groups is 1. The van der Waals surface area contributed by atoms with Gasteiger partial charge in [-0.05, 0) is 54.2 Å². The van der Waals surface area contributed by atoms with Gasteiger partial charge in [-0.25, -0.2) is 4.79 Å². The normalized spacial score (nSPS) is 27.0. The number of carbonyl (C=O) groups excluding carboxylic acids is 3. The molecule has 8 heteroatoms. The van der Waals surface area contributed by atoms with Crippen molar-refractivity contribution in [1.29, 1.82) is 0 Å². The van der Waals surface area contributed by atoms with Crippen LogP contribution in [-0.4, -0.2) is 48.0 Å². The van der Waals surface area contributed by atoms with Gasteiger partial charge in [0.25, 0.3) is 5.91 Å². The first-order valence-electron chi connectivity index (χ1n) is 11.8. The average molecular weight is 458 g/mol. The Morgan fingerprint density at radius 1 is 1.18 bits per heavy atom. The lowest BCUT2D eigenvalue weighted by molar-refractivity contribution is -0.137. The van der Waals surface area contributed by atoms with Crippen molar-refractivity contribution in [1.82, 2.24) is 15.5 Å². The predicted octanol–water partition coefficient (Wildman–Crippen LogP) is 3.41. The van der Waals surface area contributed by atoms with Crippen molar-refractivity contribution in [3.63, 3.8) is 0 Å². The fourth-order valence-electron chi connectivity index (χ4n) is 5.90. The fraction of sp³-hybridized carbons (Fsp3) is 0.640. The molecule has 1 aliphatic carbocycles. The average Bonchev–Trinajstić information content (AvgIpc) is 2.93. The third-order valence-corrected chi connectivity index (χ3v) is 6.83. The molecular formula is C25H35N3O5. The Morgan fingerprint density at radius 2 is 1.88 bits per heavy atom. The van der Waals surface area contributed by atoms with Crippen molar-refractivity contribution in [2.45, 2.75) is 65.5 Å². The number of ether oxygens (including phenoxy) is 2. The van der Waals surface area contributed by atoms with Gasteiger partial charge in [-0.3, -0.25) is 14.5 Å². The molecule has 33 heavy (non-hydrogen) atoms. The van der Waals surface area contributed by atoms with E-state index in [9.17, 15) is 14.4 Å². The third kappa shape index (κ3) is 4.66. The largest absolute Gasteiger partial charge is 0.486 e. The van der Waals surface area contributed by atoms with Crippen LogP contribution in [0.5, 0.6) is 11.5 Å². The quantitative estimate of drug-likeness (QED) is 0.661. The van der Waals surface area contributed by atoms with E-state index in [1.807, 2.05) is 32.0 Å². The van der Waals surface area contributed by atoms with Crippen LogP contribution in [0.4, 0.5) is 4.79 Å². The molecule has 180 valence electrons. The summed E-state index contributed by atoms with van der Waals surface area (Å²) < 4.78 is 11.3. The molecule has 1 saturated carbocycles. The summed E-state index contributed by atoms with van der Waals surface area (Å²) in [6, 6.07) is 4.86. The van der Waals surface area contributed by atoms with E-state index in [4.69, 9.17) is 9.47 Å². The molecule has 1 aromatic carbocycles. The van der Waals surface area contributed by atoms with Crippen LogP contribution >= 0.6 is 0 Å². The summed E-state index contributed by atoms with van der Waals surface area (Å²) in [5.41, 5.74) is -0.0785. The minimum absolute atomic E-state index is 0.0557. The van der Waals surface area contributed by atoms with Gasteiger partial charge in [0.2, 0.25) is 5.91 Å². The summed E-state index contributed by atoms with van der Waals surface area (Å²) in [5.74, 6) is 1.09. The summed E-state index contributed by atoms with van der Waals surface area (Å²) in [6.07, 6.45) is 2.19. The van der Waals surface area contributed by atoms with Gasteiger partial charge in [0.1, 0.15) is 25.3 Å². The Bertz CT molecular complexity index is 959. The zero-order valence-electron chi connectivity index (χ0n) is 20.2. The lowest BCUT2D eigenvalue weighted by Gasteiger charge is -2.43. The molecule has 0 unspecified atom stereocenters. The van der Waals surface area contributed by atoms with E-state index in [0.717, 1.165) is 16.9 Å². The number of benzene rings is 1. The Labute approximate surface area is 195 Å². The van der Waals surface area contributed by atoms with Gasteiger partial charge in [-0.2, -0.15) is 0 Å². The van der Waals surface area contributed by atoms with E-state index in [0.29, 0.717) is 43.5 Å². The molecule has 4 amide bonds. The third-order valence-electron chi connectivity index (χ3n) is 6.83. The summed E-state index contributed by atoms with van der Waals surface area (Å²) in [4.78, 5) is 40.2. The van der Waals surface area contributed by atoms with Gasteiger partial charge in [0, 0.05) is 0 Å². The molecule has 1 aromatic rings. The molecule has 2 heterocycles. The smallest absolute Gasteiger partial charge is 0.325 e. The lowest BCUT2D eigenvalue weighted by Crippen LogP contribution is -2.54. The number of imide groups is 1. The molecule has 3 aliphatic rings. The molecule has 8 nitrogen and oxygen atoms in total. The number of rotatable bonds is 5. The zero-order valence-corrected chi connectivity index (χ0v) is 20.2. The highest BCUT2D eigenvalue weighted by molar-refractivity contribution is 6.09. The van der Waals surface area contributed by atoms with Crippen molar-refractivity contribution in [3.05, 3.63) is 23.8 Å². The topological polar surface area (TPSA) is 97.0 Å². The second-order valence-corrected chi connectivity index (χ2v) is 11.0. The minimum atomic E-state index is -0.911. The fourth-order valence-corrected chi connectivity index (χ4v) is 5.90. The van der Waals surface area contributed by atoms with Crippen molar-refractivity contribution in [2.75, 3.05) is 19.8 Å². The zero-order chi connectivity index (χ0) is 24.0. The van der Waals surface area contributed by atoms with E-state index in [2.05, 4.69) is 31.4 Å². The molecule has 1 saturated heterocycles.